The first-order chi connectivity index (χ1) is 6.72. The molecule has 0 aromatic heterocycles. The van der Waals surface area contributed by atoms with Crippen molar-refractivity contribution in [2.75, 3.05) is 6.61 Å². The molecule has 78 valence electrons. The van der Waals surface area contributed by atoms with Crippen molar-refractivity contribution in [1.29, 1.82) is 0 Å². The molecule has 0 saturated carbocycles. The van der Waals surface area contributed by atoms with Crippen molar-refractivity contribution in [3.05, 3.63) is 29.8 Å². The van der Waals surface area contributed by atoms with Gasteiger partial charge in [-0.25, -0.2) is 0 Å². The maximum atomic E-state index is 9.21. The minimum Gasteiger partial charge on any atom is -0.508 e. The van der Waals surface area contributed by atoms with Crippen LogP contribution in [0.2, 0.25) is 0 Å². The van der Waals surface area contributed by atoms with Crippen molar-refractivity contribution >= 4 is 0 Å². The van der Waals surface area contributed by atoms with Crippen LogP contribution >= 0.6 is 0 Å². The number of hydrogen-bond donors (Lipinski definition) is 3. The highest BCUT2D eigenvalue weighted by Gasteiger charge is 2.00. The van der Waals surface area contributed by atoms with Crippen LogP contribution in [0.25, 0.3) is 0 Å². The van der Waals surface area contributed by atoms with Crippen molar-refractivity contribution in [2.45, 2.75) is 25.9 Å². The second kappa shape index (κ2) is 5.62. The summed E-state index contributed by atoms with van der Waals surface area (Å²) in [7, 11) is 0. The summed E-state index contributed by atoms with van der Waals surface area (Å²) in [6, 6.07) is 7.46. The zero-order chi connectivity index (χ0) is 10.4. The molecular weight excluding hydrogens is 178 g/mol. The number of aromatic hydroxyl groups is 1. The Hall–Kier alpha value is -1.06. The number of rotatable bonds is 5. The van der Waals surface area contributed by atoms with E-state index in [4.69, 9.17) is 5.11 Å². The Labute approximate surface area is 84.4 Å². The van der Waals surface area contributed by atoms with E-state index in [1.807, 2.05) is 19.1 Å². The van der Waals surface area contributed by atoms with Crippen LogP contribution in [0, 0.1) is 0 Å². The van der Waals surface area contributed by atoms with Crippen molar-refractivity contribution in [3.8, 4) is 5.75 Å². The van der Waals surface area contributed by atoms with Gasteiger partial charge in [-0.05, 0) is 31.0 Å². The Balaban J connectivity index is 2.37. The Morgan fingerprint density at radius 1 is 1.43 bits per heavy atom. The number of nitrogens with one attached hydrogen (secondary N) is 1. The summed E-state index contributed by atoms with van der Waals surface area (Å²) in [6.07, 6.45) is 0.749. The fourth-order valence-corrected chi connectivity index (χ4v) is 1.25. The van der Waals surface area contributed by atoms with Gasteiger partial charge in [0.2, 0.25) is 0 Å². The van der Waals surface area contributed by atoms with Gasteiger partial charge in [0.05, 0.1) is 0 Å². The van der Waals surface area contributed by atoms with E-state index >= 15 is 0 Å². The largest absolute Gasteiger partial charge is 0.508 e. The third-order valence-electron chi connectivity index (χ3n) is 2.13. The molecule has 0 aliphatic carbocycles. The van der Waals surface area contributed by atoms with Gasteiger partial charge in [0.25, 0.3) is 0 Å². The molecule has 3 nitrogen and oxygen atoms in total. The second-order valence-electron chi connectivity index (χ2n) is 3.46. The number of aliphatic hydroxyl groups is 1. The molecule has 1 aromatic carbocycles. The number of hydrogen-bond acceptors (Lipinski definition) is 3. The minimum absolute atomic E-state index is 0.203. The van der Waals surface area contributed by atoms with Crippen molar-refractivity contribution < 1.29 is 10.2 Å². The first kappa shape index (κ1) is 11.0. The molecule has 14 heavy (non-hydrogen) atoms. The molecule has 0 aliphatic rings. The molecule has 0 heterocycles. The smallest absolute Gasteiger partial charge is 0.115 e. The number of phenolic OH excluding ortho intramolecular Hbond substituents is 1. The standard InChI is InChI=1S/C11H17NO2/c1-9(5-6-13)12-8-10-3-2-4-11(14)7-10/h2-4,7,9,12-14H,5-6,8H2,1H3/t9-/m1/s1. The molecule has 0 radical (unpaired) electrons. The van der Waals surface area contributed by atoms with Crippen LogP contribution in [-0.2, 0) is 6.54 Å². The maximum Gasteiger partial charge on any atom is 0.115 e. The topological polar surface area (TPSA) is 52.5 Å². The van der Waals surface area contributed by atoms with Gasteiger partial charge in [0.15, 0.2) is 0 Å². The van der Waals surface area contributed by atoms with Gasteiger partial charge in [-0.1, -0.05) is 12.1 Å². The van der Waals surface area contributed by atoms with E-state index < -0.39 is 0 Å². The zero-order valence-corrected chi connectivity index (χ0v) is 8.40. The third kappa shape index (κ3) is 3.77. The molecule has 0 saturated heterocycles. The van der Waals surface area contributed by atoms with Gasteiger partial charge in [0, 0.05) is 19.2 Å². The summed E-state index contributed by atoms with van der Waals surface area (Å²) in [5.41, 5.74) is 1.05. The molecule has 1 aromatic rings. The lowest BCUT2D eigenvalue weighted by atomic mass is 10.2. The summed E-state index contributed by atoms with van der Waals surface area (Å²) in [5, 5.41) is 21.2. The van der Waals surface area contributed by atoms with Crippen LogP contribution in [0.15, 0.2) is 24.3 Å². The van der Waals surface area contributed by atoms with Crippen LogP contribution in [0.1, 0.15) is 18.9 Å². The summed E-state index contributed by atoms with van der Waals surface area (Å²) < 4.78 is 0. The highest BCUT2D eigenvalue weighted by atomic mass is 16.3. The predicted molar refractivity (Wildman–Crippen MR) is 56.1 cm³/mol. The van der Waals surface area contributed by atoms with E-state index in [1.165, 1.54) is 0 Å². The first-order valence-electron chi connectivity index (χ1n) is 4.84. The van der Waals surface area contributed by atoms with Gasteiger partial charge < -0.3 is 15.5 Å². The SMILES string of the molecule is C[C@H](CCO)NCc1cccc(O)c1. The lowest BCUT2D eigenvalue weighted by molar-refractivity contribution is 0.268. The van der Waals surface area contributed by atoms with E-state index in [9.17, 15) is 5.11 Å². The summed E-state index contributed by atoms with van der Waals surface area (Å²) >= 11 is 0. The Kier molecular flexibility index (Phi) is 4.43. The number of aliphatic hydroxyl groups excluding tert-OH is 1. The molecule has 0 fully saturated rings. The Bertz CT molecular complexity index is 276. The number of benzene rings is 1. The fourth-order valence-electron chi connectivity index (χ4n) is 1.25. The molecule has 3 N–H and O–H groups in total. The lowest BCUT2D eigenvalue weighted by Crippen LogP contribution is -2.26. The first-order valence-corrected chi connectivity index (χ1v) is 4.84. The molecule has 3 heteroatoms. The van der Waals surface area contributed by atoms with Crippen LogP contribution in [0.4, 0.5) is 0 Å². The summed E-state index contributed by atoms with van der Waals surface area (Å²) in [4.78, 5) is 0. The van der Waals surface area contributed by atoms with Crippen LogP contribution in [0.5, 0.6) is 5.75 Å². The quantitative estimate of drug-likeness (QED) is 0.663. The van der Waals surface area contributed by atoms with Gasteiger partial charge >= 0.3 is 0 Å². The average Bonchev–Trinajstić information content (AvgIpc) is 2.15. The van der Waals surface area contributed by atoms with E-state index in [1.54, 1.807) is 12.1 Å². The van der Waals surface area contributed by atoms with E-state index in [0.717, 1.165) is 18.5 Å². The number of phenols is 1. The van der Waals surface area contributed by atoms with Crippen molar-refractivity contribution in [2.24, 2.45) is 0 Å². The third-order valence-corrected chi connectivity index (χ3v) is 2.13. The minimum atomic E-state index is 0.203. The van der Waals surface area contributed by atoms with E-state index in [2.05, 4.69) is 5.32 Å². The fraction of sp³-hybridized carbons (Fsp3) is 0.455. The Morgan fingerprint density at radius 3 is 2.86 bits per heavy atom. The van der Waals surface area contributed by atoms with Gasteiger partial charge in [-0.15, -0.1) is 0 Å². The highest BCUT2D eigenvalue weighted by Crippen LogP contribution is 2.10. The second-order valence-corrected chi connectivity index (χ2v) is 3.46. The van der Waals surface area contributed by atoms with Crippen LogP contribution in [0.3, 0.4) is 0 Å². The highest BCUT2D eigenvalue weighted by molar-refractivity contribution is 5.26. The molecule has 0 bridgehead atoms. The zero-order valence-electron chi connectivity index (χ0n) is 8.40. The normalized spacial score (nSPS) is 12.7. The predicted octanol–water partition coefficient (Wildman–Crippen LogP) is 1.25. The van der Waals surface area contributed by atoms with Crippen LogP contribution < -0.4 is 5.32 Å². The van der Waals surface area contributed by atoms with Gasteiger partial charge in [-0.3, -0.25) is 0 Å². The van der Waals surface area contributed by atoms with E-state index in [0.29, 0.717) is 11.8 Å². The Morgan fingerprint density at radius 2 is 2.21 bits per heavy atom. The van der Waals surface area contributed by atoms with Crippen LogP contribution in [-0.4, -0.2) is 22.9 Å². The molecule has 0 aliphatic heterocycles. The maximum absolute atomic E-state index is 9.21. The van der Waals surface area contributed by atoms with E-state index in [-0.39, 0.29) is 6.61 Å². The average molecular weight is 195 g/mol. The molecule has 0 unspecified atom stereocenters. The lowest BCUT2D eigenvalue weighted by Gasteiger charge is -2.12. The van der Waals surface area contributed by atoms with Crippen molar-refractivity contribution in [1.82, 2.24) is 5.32 Å². The molecule has 1 rings (SSSR count). The molecule has 0 spiro atoms. The van der Waals surface area contributed by atoms with Gasteiger partial charge in [-0.2, -0.15) is 0 Å². The monoisotopic (exact) mass is 195 g/mol. The summed E-state index contributed by atoms with van der Waals surface area (Å²) in [5.74, 6) is 0.291. The van der Waals surface area contributed by atoms with Crippen molar-refractivity contribution in [3.63, 3.8) is 0 Å². The van der Waals surface area contributed by atoms with Gasteiger partial charge in [0.1, 0.15) is 5.75 Å². The molecule has 1 atom stereocenters. The molecule has 0 amide bonds. The molecular formula is C11H17NO2. The summed E-state index contributed by atoms with van der Waals surface area (Å²) in [6.45, 7) is 2.95.